The van der Waals surface area contributed by atoms with Gasteiger partial charge in [-0.15, -0.1) is 0 Å². The first-order valence-electron chi connectivity index (χ1n) is 5.18. The Morgan fingerprint density at radius 1 is 1.40 bits per heavy atom. The molecule has 1 aromatic rings. The van der Waals surface area contributed by atoms with Crippen LogP contribution in [-0.4, -0.2) is 34.8 Å². The minimum atomic E-state index is -0.324. The molecule has 0 bridgehead atoms. The summed E-state index contributed by atoms with van der Waals surface area (Å²) in [5, 5.41) is 15.5. The summed E-state index contributed by atoms with van der Waals surface area (Å²) in [5.74, 6) is 1.39. The second kappa shape index (κ2) is 6.19. The Hall–Kier alpha value is -1.36. The molecule has 1 atom stereocenters. The zero-order valence-electron chi connectivity index (χ0n) is 9.20. The molecule has 84 valence electrons. The van der Waals surface area contributed by atoms with E-state index in [-0.39, 0.29) is 6.10 Å². The molecule has 0 spiro atoms. The third-order valence-corrected chi connectivity index (χ3v) is 2.03. The van der Waals surface area contributed by atoms with Crippen molar-refractivity contribution in [2.75, 3.05) is 24.2 Å². The Morgan fingerprint density at radius 2 is 2.13 bits per heavy atom. The van der Waals surface area contributed by atoms with Gasteiger partial charge in [-0.25, -0.2) is 4.98 Å². The van der Waals surface area contributed by atoms with Gasteiger partial charge in [0, 0.05) is 13.6 Å². The van der Waals surface area contributed by atoms with Crippen LogP contribution < -0.4 is 10.6 Å². The summed E-state index contributed by atoms with van der Waals surface area (Å²) < 4.78 is 0. The molecule has 0 saturated carbocycles. The molecule has 1 aromatic heterocycles. The minimum absolute atomic E-state index is 0.324. The van der Waals surface area contributed by atoms with E-state index >= 15 is 0 Å². The van der Waals surface area contributed by atoms with E-state index in [1.54, 1.807) is 19.4 Å². The van der Waals surface area contributed by atoms with Crippen LogP contribution in [0.5, 0.6) is 0 Å². The minimum Gasteiger partial charge on any atom is -0.391 e. The van der Waals surface area contributed by atoms with Gasteiger partial charge in [0.1, 0.15) is 11.6 Å². The van der Waals surface area contributed by atoms with Crippen LogP contribution >= 0.6 is 0 Å². The van der Waals surface area contributed by atoms with E-state index in [9.17, 15) is 5.11 Å². The highest BCUT2D eigenvalue weighted by molar-refractivity contribution is 5.40. The molecule has 0 aliphatic heterocycles. The highest BCUT2D eigenvalue weighted by Crippen LogP contribution is 2.06. The highest BCUT2D eigenvalue weighted by atomic mass is 16.3. The maximum atomic E-state index is 9.51. The molecular weight excluding hydrogens is 192 g/mol. The van der Waals surface area contributed by atoms with Gasteiger partial charge in [-0.05, 0) is 6.42 Å². The van der Waals surface area contributed by atoms with Crippen LogP contribution in [0.2, 0.25) is 0 Å². The Labute approximate surface area is 90.0 Å². The molecule has 0 fully saturated rings. The van der Waals surface area contributed by atoms with Crippen molar-refractivity contribution in [1.82, 2.24) is 9.97 Å². The number of rotatable bonds is 6. The molecule has 15 heavy (non-hydrogen) atoms. The molecule has 5 nitrogen and oxygen atoms in total. The molecule has 0 aliphatic rings. The monoisotopic (exact) mass is 210 g/mol. The maximum Gasteiger partial charge on any atom is 0.147 e. The molecular formula is C10H18N4O. The molecule has 1 unspecified atom stereocenters. The molecule has 3 N–H and O–H groups in total. The van der Waals surface area contributed by atoms with E-state index in [0.29, 0.717) is 18.2 Å². The van der Waals surface area contributed by atoms with Crippen molar-refractivity contribution >= 4 is 11.6 Å². The maximum absolute atomic E-state index is 9.51. The first kappa shape index (κ1) is 11.7. The molecule has 1 rings (SSSR count). The average Bonchev–Trinajstić information content (AvgIpc) is 2.27. The zero-order valence-corrected chi connectivity index (χ0v) is 9.20. The Morgan fingerprint density at radius 3 is 2.80 bits per heavy atom. The first-order chi connectivity index (χ1) is 7.26. The van der Waals surface area contributed by atoms with E-state index in [4.69, 9.17) is 0 Å². The number of aromatic nitrogens is 2. The lowest BCUT2D eigenvalue weighted by Gasteiger charge is -2.11. The Bertz CT molecular complexity index is 293. The van der Waals surface area contributed by atoms with Crippen LogP contribution in [0, 0.1) is 0 Å². The second-order valence-electron chi connectivity index (χ2n) is 3.36. The average molecular weight is 210 g/mol. The lowest BCUT2D eigenvalue weighted by molar-refractivity contribution is 0.176. The van der Waals surface area contributed by atoms with Gasteiger partial charge >= 0.3 is 0 Å². The summed E-state index contributed by atoms with van der Waals surface area (Å²) in [5.41, 5.74) is 0. The Balaban J connectivity index is 2.43. The number of hydrogen-bond donors (Lipinski definition) is 3. The molecule has 0 saturated heterocycles. The zero-order chi connectivity index (χ0) is 11.1. The van der Waals surface area contributed by atoms with Crippen molar-refractivity contribution in [1.29, 1.82) is 0 Å². The van der Waals surface area contributed by atoms with Crippen molar-refractivity contribution in [2.45, 2.75) is 25.9 Å². The van der Waals surface area contributed by atoms with Gasteiger partial charge < -0.3 is 15.7 Å². The van der Waals surface area contributed by atoms with Gasteiger partial charge in [0.25, 0.3) is 0 Å². The van der Waals surface area contributed by atoms with Crippen molar-refractivity contribution in [3.05, 3.63) is 12.4 Å². The van der Waals surface area contributed by atoms with Gasteiger partial charge in [0.2, 0.25) is 0 Å². The normalized spacial score (nSPS) is 12.2. The molecule has 0 radical (unpaired) electrons. The van der Waals surface area contributed by atoms with E-state index in [2.05, 4.69) is 20.6 Å². The standard InChI is InChI=1S/C10H18N4O/c1-3-4-8(15)5-13-10-7-12-6-9(11-2)14-10/h6-8,15H,3-5H2,1-2H3,(H2,11,13,14). The lowest BCUT2D eigenvalue weighted by Crippen LogP contribution is -2.19. The van der Waals surface area contributed by atoms with Crippen LogP contribution in [0.15, 0.2) is 12.4 Å². The van der Waals surface area contributed by atoms with Crippen molar-refractivity contribution in [3.63, 3.8) is 0 Å². The van der Waals surface area contributed by atoms with E-state index in [0.717, 1.165) is 12.8 Å². The number of nitrogens with zero attached hydrogens (tertiary/aromatic N) is 2. The van der Waals surface area contributed by atoms with E-state index < -0.39 is 0 Å². The first-order valence-corrected chi connectivity index (χ1v) is 5.18. The van der Waals surface area contributed by atoms with Crippen molar-refractivity contribution < 1.29 is 5.11 Å². The predicted octanol–water partition coefficient (Wildman–Crippen LogP) is 1.09. The highest BCUT2D eigenvalue weighted by Gasteiger charge is 2.03. The molecule has 0 aliphatic carbocycles. The summed E-state index contributed by atoms with van der Waals surface area (Å²) in [6, 6.07) is 0. The lowest BCUT2D eigenvalue weighted by atomic mass is 10.2. The summed E-state index contributed by atoms with van der Waals surface area (Å²) in [6.07, 6.45) is 4.74. The fraction of sp³-hybridized carbons (Fsp3) is 0.600. The van der Waals surface area contributed by atoms with Crippen molar-refractivity contribution in [3.8, 4) is 0 Å². The van der Waals surface area contributed by atoms with Crippen LogP contribution in [0.4, 0.5) is 11.6 Å². The fourth-order valence-electron chi connectivity index (χ4n) is 1.23. The molecule has 0 aromatic carbocycles. The number of hydrogen-bond acceptors (Lipinski definition) is 5. The predicted molar refractivity (Wildman–Crippen MR) is 61.0 cm³/mol. The Kier molecular flexibility index (Phi) is 4.83. The molecule has 0 amide bonds. The van der Waals surface area contributed by atoms with Gasteiger partial charge in [0.05, 0.1) is 18.5 Å². The summed E-state index contributed by atoms with van der Waals surface area (Å²) >= 11 is 0. The summed E-state index contributed by atoms with van der Waals surface area (Å²) in [4.78, 5) is 8.24. The smallest absolute Gasteiger partial charge is 0.147 e. The van der Waals surface area contributed by atoms with Gasteiger partial charge in [-0.1, -0.05) is 13.3 Å². The fourth-order valence-corrected chi connectivity index (χ4v) is 1.23. The van der Waals surface area contributed by atoms with E-state index in [1.165, 1.54) is 0 Å². The van der Waals surface area contributed by atoms with Crippen LogP contribution in [0.3, 0.4) is 0 Å². The van der Waals surface area contributed by atoms with Gasteiger partial charge in [0.15, 0.2) is 0 Å². The van der Waals surface area contributed by atoms with E-state index in [1.807, 2.05) is 6.92 Å². The SMILES string of the molecule is CCCC(O)CNc1cncc(NC)n1. The van der Waals surface area contributed by atoms with Crippen LogP contribution in [0.1, 0.15) is 19.8 Å². The molecule has 1 heterocycles. The largest absolute Gasteiger partial charge is 0.391 e. The third-order valence-electron chi connectivity index (χ3n) is 2.03. The van der Waals surface area contributed by atoms with Crippen LogP contribution in [0.25, 0.3) is 0 Å². The number of anilines is 2. The quantitative estimate of drug-likeness (QED) is 0.655. The third kappa shape index (κ3) is 4.12. The van der Waals surface area contributed by atoms with Gasteiger partial charge in [-0.2, -0.15) is 0 Å². The topological polar surface area (TPSA) is 70.1 Å². The van der Waals surface area contributed by atoms with Gasteiger partial charge in [-0.3, -0.25) is 4.98 Å². The summed E-state index contributed by atoms with van der Waals surface area (Å²) in [6.45, 7) is 2.56. The summed E-state index contributed by atoms with van der Waals surface area (Å²) in [7, 11) is 1.79. The number of nitrogens with one attached hydrogen (secondary N) is 2. The number of aliphatic hydroxyl groups is 1. The second-order valence-corrected chi connectivity index (χ2v) is 3.36. The van der Waals surface area contributed by atoms with Crippen LogP contribution in [-0.2, 0) is 0 Å². The van der Waals surface area contributed by atoms with Crippen molar-refractivity contribution in [2.24, 2.45) is 0 Å². The molecule has 5 heteroatoms. The number of aliphatic hydroxyl groups excluding tert-OH is 1.